The van der Waals surface area contributed by atoms with Crippen molar-refractivity contribution in [3.8, 4) is 0 Å². The lowest BCUT2D eigenvalue weighted by atomic mass is 9.99. The average Bonchev–Trinajstić information content (AvgIpc) is 2.70. The van der Waals surface area contributed by atoms with Crippen molar-refractivity contribution in [2.45, 2.75) is 38.6 Å². The van der Waals surface area contributed by atoms with E-state index in [9.17, 15) is 4.79 Å². The number of hydrogen-bond acceptors (Lipinski definition) is 3. The molecular formula is C11H22N2O2. The molecule has 1 heterocycles. The molecule has 0 aromatic rings. The first-order valence-electron chi connectivity index (χ1n) is 5.71. The Labute approximate surface area is 91.5 Å². The second kappa shape index (κ2) is 5.47. The van der Waals surface area contributed by atoms with Crippen LogP contribution < -0.4 is 11.1 Å². The van der Waals surface area contributed by atoms with E-state index in [1.165, 1.54) is 0 Å². The molecule has 0 saturated carbocycles. The zero-order valence-electron chi connectivity index (χ0n) is 9.71. The summed E-state index contributed by atoms with van der Waals surface area (Å²) in [5, 5.41) is 2.88. The Kier molecular flexibility index (Phi) is 4.54. The van der Waals surface area contributed by atoms with E-state index in [2.05, 4.69) is 5.32 Å². The molecule has 0 bridgehead atoms. The number of nitrogens with two attached hydrogens (primary N) is 1. The van der Waals surface area contributed by atoms with Gasteiger partial charge in [0.1, 0.15) is 0 Å². The van der Waals surface area contributed by atoms with Crippen LogP contribution in [0.3, 0.4) is 0 Å². The lowest BCUT2D eigenvalue weighted by Crippen LogP contribution is -2.51. The van der Waals surface area contributed by atoms with Gasteiger partial charge in [-0.2, -0.15) is 0 Å². The SMILES string of the molecule is CCC(C)(N)C(=O)NCCC1CCOC1. The normalized spacial score (nSPS) is 24.9. The number of nitrogens with one attached hydrogen (secondary N) is 1. The summed E-state index contributed by atoms with van der Waals surface area (Å²) < 4.78 is 5.27. The van der Waals surface area contributed by atoms with Gasteiger partial charge in [-0.3, -0.25) is 4.79 Å². The number of carbonyl (C=O) groups excluding carboxylic acids is 1. The van der Waals surface area contributed by atoms with Crippen molar-refractivity contribution >= 4 is 5.91 Å². The van der Waals surface area contributed by atoms with Crippen molar-refractivity contribution < 1.29 is 9.53 Å². The van der Waals surface area contributed by atoms with Crippen LogP contribution in [0.1, 0.15) is 33.1 Å². The molecule has 0 radical (unpaired) electrons. The van der Waals surface area contributed by atoms with Gasteiger partial charge >= 0.3 is 0 Å². The molecule has 0 aromatic carbocycles. The Morgan fingerprint density at radius 3 is 2.93 bits per heavy atom. The lowest BCUT2D eigenvalue weighted by molar-refractivity contribution is -0.125. The molecule has 0 spiro atoms. The highest BCUT2D eigenvalue weighted by atomic mass is 16.5. The van der Waals surface area contributed by atoms with Gasteiger partial charge in [0.25, 0.3) is 0 Å². The molecule has 88 valence electrons. The van der Waals surface area contributed by atoms with E-state index in [1.807, 2.05) is 6.92 Å². The van der Waals surface area contributed by atoms with Crippen molar-refractivity contribution in [3.05, 3.63) is 0 Å². The Morgan fingerprint density at radius 1 is 1.67 bits per heavy atom. The van der Waals surface area contributed by atoms with Gasteiger partial charge in [-0.15, -0.1) is 0 Å². The standard InChI is InChI=1S/C11H22N2O2/c1-3-11(2,12)10(14)13-6-4-9-5-7-15-8-9/h9H,3-8,12H2,1-2H3,(H,13,14). The van der Waals surface area contributed by atoms with Crippen LogP contribution in [0.15, 0.2) is 0 Å². The summed E-state index contributed by atoms with van der Waals surface area (Å²) in [5.74, 6) is 0.555. The van der Waals surface area contributed by atoms with Crippen molar-refractivity contribution in [2.75, 3.05) is 19.8 Å². The molecule has 1 aliphatic heterocycles. The zero-order valence-corrected chi connectivity index (χ0v) is 9.71. The van der Waals surface area contributed by atoms with Gasteiger partial charge in [-0.1, -0.05) is 6.92 Å². The van der Waals surface area contributed by atoms with Crippen molar-refractivity contribution in [1.29, 1.82) is 0 Å². The van der Waals surface area contributed by atoms with E-state index in [4.69, 9.17) is 10.5 Å². The number of ether oxygens (including phenoxy) is 1. The predicted octanol–water partition coefficient (Wildman–Crippen LogP) is 0.657. The highest BCUT2D eigenvalue weighted by Gasteiger charge is 2.25. The molecule has 1 amide bonds. The molecular weight excluding hydrogens is 192 g/mol. The third-order valence-corrected chi connectivity index (χ3v) is 3.12. The number of rotatable bonds is 5. The van der Waals surface area contributed by atoms with Gasteiger partial charge in [-0.05, 0) is 32.1 Å². The summed E-state index contributed by atoms with van der Waals surface area (Å²) in [7, 11) is 0. The van der Waals surface area contributed by atoms with Gasteiger partial charge in [0.2, 0.25) is 5.91 Å². The minimum atomic E-state index is -0.730. The van der Waals surface area contributed by atoms with E-state index in [0.29, 0.717) is 18.9 Å². The van der Waals surface area contributed by atoms with Crippen LogP contribution in [-0.4, -0.2) is 31.2 Å². The molecule has 1 fully saturated rings. The van der Waals surface area contributed by atoms with Crippen molar-refractivity contribution in [3.63, 3.8) is 0 Å². The highest BCUT2D eigenvalue weighted by molar-refractivity contribution is 5.85. The lowest BCUT2D eigenvalue weighted by Gasteiger charge is -2.21. The van der Waals surface area contributed by atoms with Gasteiger partial charge in [0.05, 0.1) is 5.54 Å². The Balaban J connectivity index is 2.16. The first-order valence-corrected chi connectivity index (χ1v) is 5.71. The summed E-state index contributed by atoms with van der Waals surface area (Å²) in [6.45, 7) is 6.09. The number of hydrogen-bond donors (Lipinski definition) is 2. The molecule has 1 aliphatic rings. The Bertz CT molecular complexity index is 211. The quantitative estimate of drug-likeness (QED) is 0.706. The highest BCUT2D eigenvalue weighted by Crippen LogP contribution is 2.15. The van der Waals surface area contributed by atoms with E-state index >= 15 is 0 Å². The van der Waals surface area contributed by atoms with Crippen LogP contribution in [0, 0.1) is 5.92 Å². The molecule has 4 nitrogen and oxygen atoms in total. The van der Waals surface area contributed by atoms with Gasteiger partial charge in [0.15, 0.2) is 0 Å². The van der Waals surface area contributed by atoms with E-state index < -0.39 is 5.54 Å². The van der Waals surface area contributed by atoms with E-state index in [1.54, 1.807) is 6.92 Å². The summed E-state index contributed by atoms with van der Waals surface area (Å²) in [5.41, 5.74) is 5.09. The number of amides is 1. The molecule has 0 aromatic heterocycles. The van der Waals surface area contributed by atoms with E-state index in [0.717, 1.165) is 26.1 Å². The fourth-order valence-corrected chi connectivity index (χ4v) is 1.56. The second-order valence-corrected chi connectivity index (χ2v) is 4.55. The Morgan fingerprint density at radius 2 is 2.40 bits per heavy atom. The fourth-order valence-electron chi connectivity index (χ4n) is 1.56. The van der Waals surface area contributed by atoms with Crippen LogP contribution in [-0.2, 0) is 9.53 Å². The summed E-state index contributed by atoms with van der Waals surface area (Å²) >= 11 is 0. The summed E-state index contributed by atoms with van der Waals surface area (Å²) in [4.78, 5) is 11.6. The van der Waals surface area contributed by atoms with Crippen molar-refractivity contribution in [1.82, 2.24) is 5.32 Å². The molecule has 4 heteroatoms. The average molecular weight is 214 g/mol. The minimum absolute atomic E-state index is 0.0519. The van der Waals surface area contributed by atoms with Crippen LogP contribution in [0.2, 0.25) is 0 Å². The maximum atomic E-state index is 11.6. The first kappa shape index (κ1) is 12.5. The summed E-state index contributed by atoms with van der Waals surface area (Å²) in [6.07, 6.45) is 2.76. The van der Waals surface area contributed by atoms with Gasteiger partial charge in [-0.25, -0.2) is 0 Å². The molecule has 15 heavy (non-hydrogen) atoms. The predicted molar refractivity (Wildman–Crippen MR) is 59.4 cm³/mol. The molecule has 0 aliphatic carbocycles. The fraction of sp³-hybridized carbons (Fsp3) is 0.909. The maximum absolute atomic E-state index is 11.6. The third kappa shape index (κ3) is 3.80. The van der Waals surface area contributed by atoms with Crippen LogP contribution in [0.4, 0.5) is 0 Å². The molecule has 2 atom stereocenters. The van der Waals surface area contributed by atoms with Gasteiger partial charge < -0.3 is 15.8 Å². The summed E-state index contributed by atoms with van der Waals surface area (Å²) in [6, 6.07) is 0. The van der Waals surface area contributed by atoms with E-state index in [-0.39, 0.29) is 5.91 Å². The topological polar surface area (TPSA) is 64.4 Å². The van der Waals surface area contributed by atoms with Gasteiger partial charge in [0, 0.05) is 19.8 Å². The van der Waals surface area contributed by atoms with Crippen molar-refractivity contribution in [2.24, 2.45) is 11.7 Å². The molecule has 2 unspecified atom stereocenters. The maximum Gasteiger partial charge on any atom is 0.239 e. The largest absolute Gasteiger partial charge is 0.381 e. The minimum Gasteiger partial charge on any atom is -0.381 e. The smallest absolute Gasteiger partial charge is 0.239 e. The molecule has 1 rings (SSSR count). The monoisotopic (exact) mass is 214 g/mol. The third-order valence-electron chi connectivity index (χ3n) is 3.12. The second-order valence-electron chi connectivity index (χ2n) is 4.55. The number of carbonyl (C=O) groups is 1. The van der Waals surface area contributed by atoms with Crippen LogP contribution in [0.25, 0.3) is 0 Å². The first-order chi connectivity index (χ1) is 7.06. The van der Waals surface area contributed by atoms with Crippen LogP contribution in [0.5, 0.6) is 0 Å². The van der Waals surface area contributed by atoms with Crippen LogP contribution >= 0.6 is 0 Å². The zero-order chi connectivity index (χ0) is 11.3. The molecule has 1 saturated heterocycles. The Hall–Kier alpha value is -0.610. The molecule has 3 N–H and O–H groups in total.